The van der Waals surface area contributed by atoms with Crippen molar-refractivity contribution in [2.75, 3.05) is 0 Å². The number of H-pyrrole nitrogens is 1. The average Bonchev–Trinajstić information content (AvgIpc) is 2.81. The monoisotopic (exact) mass is 254 g/mol. The molecule has 1 N–H and O–H groups in total. The molecule has 0 bridgehead atoms. The fourth-order valence-electron chi connectivity index (χ4n) is 2.00. The number of rotatable bonds is 2. The summed E-state index contributed by atoms with van der Waals surface area (Å²) in [5, 5.41) is 2.89. The Morgan fingerprint density at radius 1 is 1.00 bits per heavy atom. The summed E-state index contributed by atoms with van der Waals surface area (Å²) in [4.78, 5) is 12.3. The van der Waals surface area contributed by atoms with E-state index >= 15 is 0 Å². The van der Waals surface area contributed by atoms with Gasteiger partial charge in [0.2, 0.25) is 0 Å². The lowest BCUT2D eigenvalue weighted by molar-refractivity contribution is 0.628. The van der Waals surface area contributed by atoms with Crippen molar-refractivity contribution in [3.05, 3.63) is 77.0 Å². The molecule has 0 aliphatic rings. The predicted octanol–water partition coefficient (Wildman–Crippen LogP) is 2.97. The molecule has 0 aliphatic heterocycles. The van der Waals surface area contributed by atoms with E-state index in [-0.39, 0.29) is 11.4 Å². The van der Waals surface area contributed by atoms with Gasteiger partial charge in [-0.3, -0.25) is 9.89 Å². The highest BCUT2D eigenvalue weighted by Crippen LogP contribution is 2.16. The highest BCUT2D eigenvalue weighted by molar-refractivity contribution is 5.62. The third-order valence-electron chi connectivity index (χ3n) is 2.92. The minimum absolute atomic E-state index is 0.197. The molecule has 4 heteroatoms. The van der Waals surface area contributed by atoms with Crippen LogP contribution in [0.4, 0.5) is 4.39 Å². The molecule has 0 saturated carbocycles. The quantitative estimate of drug-likeness (QED) is 0.750. The van der Waals surface area contributed by atoms with Gasteiger partial charge in [-0.15, -0.1) is 0 Å². The number of hydrogen-bond donors (Lipinski definition) is 1. The van der Waals surface area contributed by atoms with E-state index < -0.39 is 0 Å². The van der Waals surface area contributed by atoms with Gasteiger partial charge >= 0.3 is 0 Å². The van der Waals surface area contributed by atoms with Gasteiger partial charge in [0.05, 0.1) is 11.3 Å². The molecule has 0 spiro atoms. The predicted molar refractivity (Wildman–Crippen MR) is 71.8 cm³/mol. The Kier molecular flexibility index (Phi) is 2.76. The van der Waals surface area contributed by atoms with Gasteiger partial charge in [0.1, 0.15) is 5.82 Å². The number of nitrogens with zero attached hydrogens (tertiary/aromatic N) is 1. The minimum atomic E-state index is -0.357. The Bertz CT molecular complexity index is 759. The summed E-state index contributed by atoms with van der Waals surface area (Å²) < 4.78 is 14.6. The average molecular weight is 254 g/mol. The molecule has 3 nitrogen and oxygen atoms in total. The van der Waals surface area contributed by atoms with Crippen LogP contribution < -0.4 is 5.56 Å². The highest BCUT2D eigenvalue weighted by atomic mass is 19.1. The number of benzene rings is 2. The highest BCUT2D eigenvalue weighted by Gasteiger charge is 2.09. The van der Waals surface area contributed by atoms with Gasteiger partial charge in [0.15, 0.2) is 0 Å². The molecule has 0 aliphatic carbocycles. The Hall–Kier alpha value is -2.62. The number of halogens is 1. The van der Waals surface area contributed by atoms with Gasteiger partial charge in [0.25, 0.3) is 5.56 Å². The topological polar surface area (TPSA) is 37.8 Å². The molecule has 19 heavy (non-hydrogen) atoms. The van der Waals surface area contributed by atoms with Crippen LogP contribution in [0.1, 0.15) is 0 Å². The first-order valence-electron chi connectivity index (χ1n) is 5.87. The van der Waals surface area contributed by atoms with Crippen LogP contribution in [-0.4, -0.2) is 9.78 Å². The molecule has 1 heterocycles. The first-order valence-corrected chi connectivity index (χ1v) is 5.87. The fraction of sp³-hybridized carbons (Fsp3) is 0. The first-order chi connectivity index (χ1) is 9.25. The maximum atomic E-state index is 13.2. The van der Waals surface area contributed by atoms with Gasteiger partial charge in [-0.2, -0.15) is 0 Å². The zero-order valence-electron chi connectivity index (χ0n) is 10.0. The van der Waals surface area contributed by atoms with Crippen LogP contribution in [0.2, 0.25) is 0 Å². The summed E-state index contributed by atoms with van der Waals surface area (Å²) in [7, 11) is 0. The lowest BCUT2D eigenvalue weighted by atomic mass is 10.1. The van der Waals surface area contributed by atoms with E-state index in [1.54, 1.807) is 18.3 Å². The van der Waals surface area contributed by atoms with Crippen molar-refractivity contribution in [3.8, 4) is 16.8 Å². The third-order valence-corrected chi connectivity index (χ3v) is 2.92. The van der Waals surface area contributed by atoms with Crippen LogP contribution >= 0.6 is 0 Å². The molecule has 0 fully saturated rings. The summed E-state index contributed by atoms with van der Waals surface area (Å²) in [6.07, 6.45) is 1.59. The zero-order chi connectivity index (χ0) is 13.2. The second-order valence-corrected chi connectivity index (χ2v) is 4.17. The molecule has 0 unspecified atom stereocenters. The molecule has 3 rings (SSSR count). The van der Waals surface area contributed by atoms with Gasteiger partial charge in [-0.25, -0.2) is 9.07 Å². The number of aromatic nitrogens is 2. The van der Waals surface area contributed by atoms with Gasteiger partial charge in [0, 0.05) is 6.20 Å². The summed E-state index contributed by atoms with van der Waals surface area (Å²) in [6.45, 7) is 0. The largest absolute Gasteiger partial charge is 0.298 e. The second-order valence-electron chi connectivity index (χ2n) is 4.17. The SMILES string of the molecule is O=c1c(-c2cccc(F)c2)c[nH]n1-c1ccccc1. The van der Waals surface area contributed by atoms with Crippen LogP contribution in [0.25, 0.3) is 16.8 Å². The van der Waals surface area contributed by atoms with Crippen LogP contribution in [0.3, 0.4) is 0 Å². The molecule has 0 saturated heterocycles. The van der Waals surface area contributed by atoms with E-state index in [2.05, 4.69) is 5.10 Å². The van der Waals surface area contributed by atoms with Crippen molar-refractivity contribution in [1.82, 2.24) is 9.78 Å². The second kappa shape index (κ2) is 4.57. The molecule has 0 atom stereocenters. The Morgan fingerprint density at radius 2 is 1.79 bits per heavy atom. The van der Waals surface area contributed by atoms with Gasteiger partial charge in [-0.1, -0.05) is 30.3 Å². The number of nitrogens with one attached hydrogen (secondary N) is 1. The van der Waals surface area contributed by atoms with E-state index in [0.717, 1.165) is 5.69 Å². The Balaban J connectivity index is 2.12. The number of para-hydroxylation sites is 1. The molecular formula is C15H11FN2O. The van der Waals surface area contributed by atoms with E-state index in [1.807, 2.05) is 30.3 Å². The maximum absolute atomic E-state index is 13.2. The van der Waals surface area contributed by atoms with Crippen molar-refractivity contribution >= 4 is 0 Å². The Morgan fingerprint density at radius 3 is 2.53 bits per heavy atom. The number of hydrogen-bond acceptors (Lipinski definition) is 1. The van der Waals surface area contributed by atoms with Crippen molar-refractivity contribution in [2.24, 2.45) is 0 Å². The molecule has 0 radical (unpaired) electrons. The summed E-state index contributed by atoms with van der Waals surface area (Å²) in [5.74, 6) is -0.357. The van der Waals surface area contributed by atoms with Crippen molar-refractivity contribution in [3.63, 3.8) is 0 Å². The van der Waals surface area contributed by atoms with E-state index in [4.69, 9.17) is 0 Å². The molecule has 2 aromatic carbocycles. The normalized spacial score (nSPS) is 10.6. The molecule has 3 aromatic rings. The molecule has 94 valence electrons. The van der Waals surface area contributed by atoms with E-state index in [0.29, 0.717) is 11.1 Å². The van der Waals surface area contributed by atoms with Crippen molar-refractivity contribution in [1.29, 1.82) is 0 Å². The first kappa shape index (κ1) is 11.5. The van der Waals surface area contributed by atoms with E-state index in [9.17, 15) is 9.18 Å². The zero-order valence-corrected chi connectivity index (χ0v) is 10.0. The van der Waals surface area contributed by atoms with Crippen LogP contribution in [-0.2, 0) is 0 Å². The molecular weight excluding hydrogens is 243 g/mol. The smallest absolute Gasteiger partial charge is 0.279 e. The summed E-state index contributed by atoms with van der Waals surface area (Å²) >= 11 is 0. The minimum Gasteiger partial charge on any atom is -0.298 e. The van der Waals surface area contributed by atoms with E-state index in [1.165, 1.54) is 16.8 Å². The lowest BCUT2D eigenvalue weighted by Gasteiger charge is -1.99. The van der Waals surface area contributed by atoms with Crippen LogP contribution in [0.15, 0.2) is 65.6 Å². The maximum Gasteiger partial charge on any atom is 0.279 e. The van der Waals surface area contributed by atoms with Gasteiger partial charge < -0.3 is 0 Å². The number of aromatic amines is 1. The summed E-state index contributed by atoms with van der Waals surface area (Å²) in [5.41, 5.74) is 1.56. The third kappa shape index (κ3) is 2.08. The summed E-state index contributed by atoms with van der Waals surface area (Å²) in [6, 6.07) is 15.2. The van der Waals surface area contributed by atoms with Crippen molar-refractivity contribution in [2.45, 2.75) is 0 Å². The lowest BCUT2D eigenvalue weighted by Crippen LogP contribution is -2.15. The molecule has 1 aromatic heterocycles. The van der Waals surface area contributed by atoms with Crippen LogP contribution in [0.5, 0.6) is 0 Å². The standard InChI is InChI=1S/C15H11FN2O/c16-12-6-4-5-11(9-12)14-10-17-18(15(14)19)13-7-2-1-3-8-13/h1-10,17H. The van der Waals surface area contributed by atoms with Crippen molar-refractivity contribution < 1.29 is 4.39 Å². The fourth-order valence-corrected chi connectivity index (χ4v) is 2.00. The Labute approximate surface area is 108 Å². The van der Waals surface area contributed by atoms with Gasteiger partial charge in [-0.05, 0) is 29.8 Å². The van der Waals surface area contributed by atoms with Crippen LogP contribution in [0, 0.1) is 5.82 Å². The molecule has 0 amide bonds.